The van der Waals surface area contributed by atoms with Crippen LogP contribution < -0.4 is 5.73 Å². The number of nitrogens with two attached hydrogens (primary N) is 1. The highest BCUT2D eigenvalue weighted by Crippen LogP contribution is 2.39. The molecular formula is C14H17N3O. The first-order valence-electron chi connectivity index (χ1n) is 6.35. The number of hydrogen-bond acceptors (Lipinski definition) is 4. The Kier molecular flexibility index (Phi) is 2.48. The summed E-state index contributed by atoms with van der Waals surface area (Å²) in [5.41, 5.74) is 9.61. The molecule has 1 atom stereocenters. The van der Waals surface area contributed by atoms with Crippen LogP contribution in [0.5, 0.6) is 0 Å². The van der Waals surface area contributed by atoms with Gasteiger partial charge in [0.15, 0.2) is 5.82 Å². The summed E-state index contributed by atoms with van der Waals surface area (Å²) in [4.78, 5) is 4.41. The van der Waals surface area contributed by atoms with E-state index in [0.29, 0.717) is 11.7 Å². The van der Waals surface area contributed by atoms with Crippen molar-refractivity contribution in [3.63, 3.8) is 0 Å². The van der Waals surface area contributed by atoms with Crippen LogP contribution in [0.3, 0.4) is 0 Å². The molecule has 0 saturated heterocycles. The van der Waals surface area contributed by atoms with E-state index in [4.69, 9.17) is 10.3 Å². The van der Waals surface area contributed by atoms with Gasteiger partial charge in [-0.25, -0.2) is 0 Å². The van der Waals surface area contributed by atoms with Crippen molar-refractivity contribution in [1.29, 1.82) is 0 Å². The molecule has 0 radical (unpaired) electrons. The van der Waals surface area contributed by atoms with E-state index in [-0.39, 0.29) is 0 Å². The molecule has 2 aromatic rings. The van der Waals surface area contributed by atoms with Gasteiger partial charge in [-0.3, -0.25) is 0 Å². The molecule has 0 spiro atoms. The number of hydrogen-bond donors (Lipinski definition) is 1. The standard InChI is InChI=1S/C14H17N3O/c1-3-12-16-13(17-18-12)14(15)7-6-10-5-4-9(2)8-11(10)14/h4-5,8H,3,6-7,15H2,1-2H3. The summed E-state index contributed by atoms with van der Waals surface area (Å²) in [7, 11) is 0. The minimum absolute atomic E-state index is 0.585. The summed E-state index contributed by atoms with van der Waals surface area (Å²) >= 11 is 0. The molecule has 1 unspecified atom stereocenters. The van der Waals surface area contributed by atoms with Crippen LogP contribution in [0.1, 0.15) is 41.8 Å². The van der Waals surface area contributed by atoms with Crippen molar-refractivity contribution < 1.29 is 4.52 Å². The van der Waals surface area contributed by atoms with Gasteiger partial charge in [0.25, 0.3) is 0 Å². The zero-order valence-corrected chi connectivity index (χ0v) is 10.7. The largest absolute Gasteiger partial charge is 0.339 e. The summed E-state index contributed by atoms with van der Waals surface area (Å²) < 4.78 is 5.20. The van der Waals surface area contributed by atoms with Crippen LogP contribution in [0.25, 0.3) is 0 Å². The maximum atomic E-state index is 6.54. The Labute approximate surface area is 106 Å². The van der Waals surface area contributed by atoms with Crippen LogP contribution in [-0.4, -0.2) is 10.1 Å². The maximum Gasteiger partial charge on any atom is 0.226 e. The highest BCUT2D eigenvalue weighted by molar-refractivity contribution is 5.44. The van der Waals surface area contributed by atoms with Gasteiger partial charge < -0.3 is 10.3 Å². The zero-order chi connectivity index (χ0) is 12.8. The number of aromatic nitrogens is 2. The van der Waals surface area contributed by atoms with Crippen LogP contribution in [-0.2, 0) is 18.4 Å². The Balaban J connectivity index is 2.10. The van der Waals surface area contributed by atoms with Crippen molar-refractivity contribution in [1.82, 2.24) is 10.1 Å². The molecule has 0 saturated carbocycles. The Bertz CT molecular complexity index is 590. The van der Waals surface area contributed by atoms with Crippen LogP contribution in [0.2, 0.25) is 0 Å². The van der Waals surface area contributed by atoms with Crippen molar-refractivity contribution in [3.8, 4) is 0 Å². The van der Waals surface area contributed by atoms with E-state index in [0.717, 1.165) is 24.8 Å². The van der Waals surface area contributed by atoms with E-state index in [2.05, 4.69) is 35.3 Å². The molecule has 1 aliphatic rings. The molecule has 18 heavy (non-hydrogen) atoms. The minimum Gasteiger partial charge on any atom is -0.339 e. The second-order valence-electron chi connectivity index (χ2n) is 5.00. The third-order valence-corrected chi connectivity index (χ3v) is 3.70. The molecule has 1 aromatic carbocycles. The maximum absolute atomic E-state index is 6.54. The van der Waals surface area contributed by atoms with Crippen LogP contribution in [0.4, 0.5) is 0 Å². The second-order valence-corrected chi connectivity index (χ2v) is 5.00. The summed E-state index contributed by atoms with van der Waals surface area (Å²) in [5.74, 6) is 1.26. The first-order chi connectivity index (χ1) is 8.63. The number of benzene rings is 1. The first-order valence-corrected chi connectivity index (χ1v) is 6.35. The predicted octanol–water partition coefficient (Wildman–Crippen LogP) is 2.09. The summed E-state index contributed by atoms with van der Waals surface area (Å²) in [5, 5.41) is 4.06. The molecule has 4 heteroatoms. The van der Waals surface area contributed by atoms with Gasteiger partial charge in [0.2, 0.25) is 5.89 Å². The quantitative estimate of drug-likeness (QED) is 0.877. The second kappa shape index (κ2) is 3.92. The van der Waals surface area contributed by atoms with Gasteiger partial charge >= 0.3 is 0 Å². The molecule has 1 aromatic heterocycles. The van der Waals surface area contributed by atoms with E-state index < -0.39 is 5.54 Å². The lowest BCUT2D eigenvalue weighted by Gasteiger charge is -2.21. The molecule has 3 rings (SSSR count). The fraction of sp³-hybridized carbons (Fsp3) is 0.429. The molecule has 1 heterocycles. The van der Waals surface area contributed by atoms with E-state index in [1.807, 2.05) is 6.92 Å². The fourth-order valence-electron chi connectivity index (χ4n) is 2.60. The summed E-state index contributed by atoms with van der Waals surface area (Å²) in [6.45, 7) is 4.07. The van der Waals surface area contributed by atoms with Crippen molar-refractivity contribution >= 4 is 0 Å². The molecular weight excluding hydrogens is 226 g/mol. The Hall–Kier alpha value is -1.68. The van der Waals surface area contributed by atoms with E-state index in [1.165, 1.54) is 11.1 Å². The Morgan fingerprint density at radius 3 is 3.00 bits per heavy atom. The smallest absolute Gasteiger partial charge is 0.226 e. The van der Waals surface area contributed by atoms with Gasteiger partial charge in [-0.15, -0.1) is 0 Å². The third kappa shape index (κ3) is 1.56. The summed E-state index contributed by atoms with van der Waals surface area (Å²) in [6, 6.07) is 6.42. The number of fused-ring (bicyclic) bond motifs is 1. The fourth-order valence-corrected chi connectivity index (χ4v) is 2.60. The zero-order valence-electron chi connectivity index (χ0n) is 10.7. The Morgan fingerprint density at radius 2 is 2.28 bits per heavy atom. The van der Waals surface area contributed by atoms with Crippen molar-refractivity contribution in [2.45, 2.75) is 38.6 Å². The highest BCUT2D eigenvalue weighted by Gasteiger charge is 2.40. The van der Waals surface area contributed by atoms with Gasteiger partial charge in [0.1, 0.15) is 5.54 Å². The summed E-state index contributed by atoms with van der Waals surface area (Å²) in [6.07, 6.45) is 2.56. The lowest BCUT2D eigenvalue weighted by molar-refractivity contribution is 0.363. The normalized spacial score (nSPS) is 22.2. The predicted molar refractivity (Wildman–Crippen MR) is 68.1 cm³/mol. The molecule has 0 fully saturated rings. The first kappa shape index (κ1) is 11.4. The van der Waals surface area contributed by atoms with Crippen LogP contribution in [0, 0.1) is 6.92 Å². The van der Waals surface area contributed by atoms with Gasteiger partial charge in [-0.1, -0.05) is 35.8 Å². The van der Waals surface area contributed by atoms with Crippen molar-refractivity contribution in [2.24, 2.45) is 5.73 Å². The molecule has 0 amide bonds. The molecule has 94 valence electrons. The SMILES string of the molecule is CCc1nc(C2(N)CCc3ccc(C)cc32)no1. The van der Waals surface area contributed by atoms with Gasteiger partial charge in [0, 0.05) is 6.42 Å². The molecule has 0 bridgehead atoms. The van der Waals surface area contributed by atoms with Crippen LogP contribution >= 0.6 is 0 Å². The van der Waals surface area contributed by atoms with Gasteiger partial charge in [-0.2, -0.15) is 4.98 Å². The van der Waals surface area contributed by atoms with Gasteiger partial charge in [-0.05, 0) is 30.9 Å². The minimum atomic E-state index is -0.585. The van der Waals surface area contributed by atoms with Crippen LogP contribution in [0.15, 0.2) is 22.7 Å². The number of aryl methyl sites for hydroxylation is 3. The number of nitrogens with zero attached hydrogens (tertiary/aromatic N) is 2. The van der Waals surface area contributed by atoms with Gasteiger partial charge in [0.05, 0.1) is 0 Å². The monoisotopic (exact) mass is 243 g/mol. The Morgan fingerprint density at radius 1 is 1.44 bits per heavy atom. The topological polar surface area (TPSA) is 64.9 Å². The molecule has 0 aliphatic heterocycles. The average molecular weight is 243 g/mol. The number of rotatable bonds is 2. The van der Waals surface area contributed by atoms with E-state index in [9.17, 15) is 0 Å². The van der Waals surface area contributed by atoms with Crippen molar-refractivity contribution in [2.75, 3.05) is 0 Å². The molecule has 4 nitrogen and oxygen atoms in total. The van der Waals surface area contributed by atoms with E-state index >= 15 is 0 Å². The average Bonchev–Trinajstić information content (AvgIpc) is 2.96. The van der Waals surface area contributed by atoms with E-state index in [1.54, 1.807) is 0 Å². The van der Waals surface area contributed by atoms with Crippen molar-refractivity contribution in [3.05, 3.63) is 46.6 Å². The third-order valence-electron chi connectivity index (χ3n) is 3.70. The molecule has 1 aliphatic carbocycles. The highest BCUT2D eigenvalue weighted by atomic mass is 16.5. The lowest BCUT2D eigenvalue weighted by Crippen LogP contribution is -2.36. The lowest BCUT2D eigenvalue weighted by atomic mass is 9.91. The molecule has 2 N–H and O–H groups in total.